The van der Waals surface area contributed by atoms with Crippen molar-refractivity contribution in [2.45, 2.75) is 24.8 Å². The summed E-state index contributed by atoms with van der Waals surface area (Å²) in [6, 6.07) is 16.7. The van der Waals surface area contributed by atoms with E-state index in [4.69, 9.17) is 0 Å². The van der Waals surface area contributed by atoms with Gasteiger partial charge in [-0.15, -0.1) is 0 Å². The largest absolute Gasteiger partial charge is 0.353 e. The van der Waals surface area contributed by atoms with E-state index in [2.05, 4.69) is 45.9 Å². The third-order valence-electron chi connectivity index (χ3n) is 4.97. The molecule has 1 heterocycles. The fourth-order valence-electron chi connectivity index (χ4n) is 3.47. The molecule has 0 spiro atoms. The number of hydrogen-bond acceptors (Lipinski definition) is 5. The number of rotatable bonds is 8. The highest BCUT2D eigenvalue weighted by Gasteiger charge is 2.30. The maximum absolute atomic E-state index is 12.4. The van der Waals surface area contributed by atoms with Gasteiger partial charge in [0.05, 0.1) is 10.9 Å². The van der Waals surface area contributed by atoms with Crippen LogP contribution in [0, 0.1) is 0 Å². The van der Waals surface area contributed by atoms with Gasteiger partial charge in [0.15, 0.2) is 0 Å². The molecule has 0 aromatic heterocycles. The van der Waals surface area contributed by atoms with Crippen molar-refractivity contribution in [2.75, 3.05) is 26.2 Å². The second kappa shape index (κ2) is 9.19. The number of amidine groups is 1. The second-order valence-electron chi connectivity index (χ2n) is 6.72. The summed E-state index contributed by atoms with van der Waals surface area (Å²) in [5.74, 6) is -0.0479. The molecule has 0 saturated heterocycles. The van der Waals surface area contributed by atoms with Gasteiger partial charge >= 0.3 is 0 Å². The minimum atomic E-state index is -3.60. The Morgan fingerprint density at radius 2 is 1.72 bits per heavy atom. The Bertz CT molecular complexity index is 986. The molecular weight excluding hydrogens is 388 g/mol. The summed E-state index contributed by atoms with van der Waals surface area (Å²) in [7, 11) is -3.60. The zero-order valence-corrected chi connectivity index (χ0v) is 17.4. The Hall–Kier alpha value is -2.71. The minimum absolute atomic E-state index is 0.0634. The van der Waals surface area contributed by atoms with Crippen molar-refractivity contribution in [3.63, 3.8) is 0 Å². The molecule has 154 valence electrons. The van der Waals surface area contributed by atoms with Gasteiger partial charge in [-0.1, -0.05) is 56.3 Å². The van der Waals surface area contributed by atoms with Crippen LogP contribution in [0.1, 0.15) is 31.0 Å². The molecule has 1 aliphatic rings. The van der Waals surface area contributed by atoms with Crippen molar-refractivity contribution in [2.24, 2.45) is 4.99 Å². The quantitative estimate of drug-likeness (QED) is 0.691. The summed E-state index contributed by atoms with van der Waals surface area (Å²) in [4.78, 5) is 19.1. The van der Waals surface area contributed by atoms with E-state index >= 15 is 0 Å². The molecular formula is C21H26N4O3S. The van der Waals surface area contributed by atoms with E-state index in [9.17, 15) is 13.2 Å². The van der Waals surface area contributed by atoms with Crippen LogP contribution >= 0.6 is 0 Å². The first kappa shape index (κ1) is 21.0. The van der Waals surface area contributed by atoms with Crippen LogP contribution in [0.25, 0.3) is 0 Å². The highest BCUT2D eigenvalue weighted by molar-refractivity contribution is 7.90. The summed E-state index contributed by atoms with van der Waals surface area (Å²) in [6.45, 7) is 6.23. The third kappa shape index (κ3) is 4.83. The number of amides is 1. The molecule has 29 heavy (non-hydrogen) atoms. The summed E-state index contributed by atoms with van der Waals surface area (Å²) in [5, 5.41) is 2.93. The smallest absolute Gasteiger partial charge is 0.263 e. The van der Waals surface area contributed by atoms with Crippen LogP contribution in [0.4, 0.5) is 0 Å². The number of likely N-dealkylation sites (N-methyl/N-ethyl adjacent to an activating group) is 1. The maximum Gasteiger partial charge on any atom is 0.263 e. The molecule has 2 aromatic carbocycles. The summed E-state index contributed by atoms with van der Waals surface area (Å²) in [6.07, 6.45) is 0. The van der Waals surface area contributed by atoms with Crippen LogP contribution in [-0.4, -0.2) is 51.2 Å². The highest BCUT2D eigenvalue weighted by Crippen LogP contribution is 2.22. The number of carbonyl (C=O) groups excluding carboxylic acids is 1. The van der Waals surface area contributed by atoms with Gasteiger partial charge < -0.3 is 5.32 Å². The van der Waals surface area contributed by atoms with E-state index in [1.54, 1.807) is 18.2 Å². The van der Waals surface area contributed by atoms with Gasteiger partial charge in [-0.3, -0.25) is 19.4 Å². The van der Waals surface area contributed by atoms with E-state index in [1.165, 1.54) is 6.07 Å². The third-order valence-corrected chi connectivity index (χ3v) is 6.37. The summed E-state index contributed by atoms with van der Waals surface area (Å²) < 4.78 is 26.7. The number of fused-ring (bicyclic) bond motifs is 1. The number of aliphatic imine (C=N–C) groups is 1. The van der Waals surface area contributed by atoms with E-state index in [1.807, 2.05) is 18.2 Å². The Labute approximate surface area is 171 Å². The average Bonchev–Trinajstić information content (AvgIpc) is 3.00. The predicted octanol–water partition coefficient (Wildman–Crippen LogP) is 1.92. The van der Waals surface area contributed by atoms with Crippen LogP contribution in [-0.2, 0) is 14.8 Å². The van der Waals surface area contributed by atoms with Gasteiger partial charge in [0.25, 0.3) is 10.0 Å². The van der Waals surface area contributed by atoms with E-state index in [-0.39, 0.29) is 29.2 Å². The number of nitrogens with one attached hydrogen (secondary N) is 2. The molecule has 0 bridgehead atoms. The van der Waals surface area contributed by atoms with Crippen LogP contribution < -0.4 is 10.0 Å². The Morgan fingerprint density at radius 3 is 2.41 bits per heavy atom. The number of benzene rings is 2. The first-order valence-electron chi connectivity index (χ1n) is 9.68. The number of nitrogens with zero attached hydrogens (tertiary/aromatic N) is 2. The first-order valence-corrected chi connectivity index (χ1v) is 11.2. The molecule has 0 unspecified atom stereocenters. The molecule has 1 amide bonds. The summed E-state index contributed by atoms with van der Waals surface area (Å²) >= 11 is 0. The Kier molecular flexibility index (Phi) is 6.66. The molecule has 0 aliphatic carbocycles. The van der Waals surface area contributed by atoms with Gasteiger partial charge in [-0.2, -0.15) is 0 Å². The number of hydrogen-bond donors (Lipinski definition) is 2. The lowest BCUT2D eigenvalue weighted by molar-refractivity contribution is -0.119. The van der Waals surface area contributed by atoms with Crippen LogP contribution in [0.15, 0.2) is 64.5 Å². The van der Waals surface area contributed by atoms with Gasteiger partial charge in [-0.05, 0) is 30.8 Å². The van der Waals surface area contributed by atoms with Gasteiger partial charge in [0.2, 0.25) is 5.91 Å². The molecule has 2 N–H and O–H groups in total. The van der Waals surface area contributed by atoms with E-state index in [0.717, 1.165) is 18.7 Å². The van der Waals surface area contributed by atoms with Crippen molar-refractivity contribution in [3.8, 4) is 0 Å². The molecule has 7 nitrogen and oxygen atoms in total. The van der Waals surface area contributed by atoms with Crippen LogP contribution in [0.2, 0.25) is 0 Å². The molecule has 3 rings (SSSR count). The van der Waals surface area contributed by atoms with Crippen molar-refractivity contribution in [1.82, 2.24) is 14.9 Å². The standard InChI is InChI=1S/C21H26N4O3S/c1-3-25(4-2)18(16-10-6-5-7-11-16)14-22-20(26)15-23-21-17-12-8-9-13-19(17)29(27,28)24-21/h5-13,18H,3-4,14-15H2,1-2H3,(H,22,26)(H,23,24)/t18-/m0/s1. The predicted molar refractivity (Wildman–Crippen MR) is 113 cm³/mol. The molecule has 0 saturated carbocycles. The molecule has 1 aliphatic heterocycles. The molecule has 0 fully saturated rings. The zero-order valence-electron chi connectivity index (χ0n) is 16.6. The van der Waals surface area contributed by atoms with Crippen molar-refractivity contribution >= 4 is 21.8 Å². The first-order chi connectivity index (χ1) is 14.0. The Balaban J connectivity index is 1.67. The molecule has 0 radical (unpaired) electrons. The van der Waals surface area contributed by atoms with Gasteiger partial charge in [-0.25, -0.2) is 8.42 Å². The lowest BCUT2D eigenvalue weighted by Crippen LogP contribution is -2.39. The maximum atomic E-state index is 12.4. The average molecular weight is 415 g/mol. The topological polar surface area (TPSA) is 90.9 Å². The Morgan fingerprint density at radius 1 is 1.07 bits per heavy atom. The number of carbonyl (C=O) groups is 1. The second-order valence-corrected chi connectivity index (χ2v) is 8.37. The highest BCUT2D eigenvalue weighted by atomic mass is 32.2. The van der Waals surface area contributed by atoms with Crippen molar-refractivity contribution < 1.29 is 13.2 Å². The molecule has 8 heteroatoms. The fraction of sp³-hybridized carbons (Fsp3) is 0.333. The normalized spacial score (nSPS) is 17.0. The molecule has 1 atom stereocenters. The van der Waals surface area contributed by atoms with Crippen molar-refractivity contribution in [1.29, 1.82) is 0 Å². The molecule has 2 aromatic rings. The number of sulfonamides is 1. The fourth-order valence-corrected chi connectivity index (χ4v) is 4.72. The van der Waals surface area contributed by atoms with Gasteiger partial charge in [0, 0.05) is 12.1 Å². The lowest BCUT2D eigenvalue weighted by Gasteiger charge is -2.30. The SMILES string of the molecule is CCN(CC)[C@@H](CNC(=O)CN=C1NS(=O)(=O)c2ccccc21)c1ccccc1. The van der Waals surface area contributed by atoms with Crippen LogP contribution in [0.5, 0.6) is 0 Å². The summed E-state index contributed by atoms with van der Waals surface area (Å²) in [5.41, 5.74) is 1.63. The van der Waals surface area contributed by atoms with E-state index < -0.39 is 10.0 Å². The van der Waals surface area contributed by atoms with Gasteiger partial charge in [0.1, 0.15) is 12.4 Å². The lowest BCUT2D eigenvalue weighted by atomic mass is 10.1. The van der Waals surface area contributed by atoms with Crippen molar-refractivity contribution in [3.05, 3.63) is 65.7 Å². The van der Waals surface area contributed by atoms with Crippen LogP contribution in [0.3, 0.4) is 0 Å². The van der Waals surface area contributed by atoms with E-state index in [0.29, 0.717) is 12.1 Å². The monoisotopic (exact) mass is 414 g/mol. The minimum Gasteiger partial charge on any atom is -0.353 e. The zero-order chi connectivity index (χ0) is 20.9.